The maximum absolute atomic E-state index is 12.8. The van der Waals surface area contributed by atoms with Gasteiger partial charge in [0, 0.05) is 24.1 Å². The number of carbonyl (C=O) groups excluding carboxylic acids is 3. The third-order valence-corrected chi connectivity index (χ3v) is 5.61. The van der Waals surface area contributed by atoms with E-state index in [0.29, 0.717) is 17.5 Å². The van der Waals surface area contributed by atoms with Gasteiger partial charge < -0.3 is 20.1 Å². The molecule has 0 bridgehead atoms. The number of fused-ring (bicyclic) bond motifs is 1. The summed E-state index contributed by atoms with van der Waals surface area (Å²) in [6, 6.07) is 4.19. The van der Waals surface area contributed by atoms with Crippen LogP contribution in [0.1, 0.15) is 55.1 Å². The zero-order valence-corrected chi connectivity index (χ0v) is 18.4. The first-order valence-corrected chi connectivity index (χ1v) is 10.4. The molecular weight excluding hydrogens is 414 g/mol. The largest absolute Gasteiger partial charge is 0.465 e. The number of imide groups is 1. The predicted molar refractivity (Wildman–Crippen MR) is 115 cm³/mol. The zero-order chi connectivity index (χ0) is 23.5. The number of rotatable bonds is 5. The molecule has 170 valence electrons. The van der Waals surface area contributed by atoms with Crippen molar-refractivity contribution in [1.82, 2.24) is 15.5 Å². The van der Waals surface area contributed by atoms with Gasteiger partial charge in [-0.3, -0.25) is 19.7 Å². The lowest BCUT2D eigenvalue weighted by molar-refractivity contribution is -0.136. The first kappa shape index (κ1) is 23.3. The highest BCUT2D eigenvalue weighted by Gasteiger charge is 2.39. The number of carboxylic acid groups (broad SMARTS) is 1. The van der Waals surface area contributed by atoms with E-state index in [4.69, 9.17) is 9.84 Å². The quantitative estimate of drug-likeness (QED) is 0.361. The smallest absolute Gasteiger partial charge is 0.404 e. The van der Waals surface area contributed by atoms with Crippen LogP contribution in [0.25, 0.3) is 0 Å². The van der Waals surface area contributed by atoms with Crippen molar-refractivity contribution < 1.29 is 29.0 Å². The Balaban J connectivity index is 1.65. The van der Waals surface area contributed by atoms with Gasteiger partial charge in [-0.1, -0.05) is 38.7 Å². The third kappa shape index (κ3) is 5.26. The molecule has 1 aromatic rings. The minimum atomic E-state index is -1.11. The summed E-state index contributed by atoms with van der Waals surface area (Å²) in [7, 11) is 0. The highest BCUT2D eigenvalue weighted by atomic mass is 16.5. The molecule has 1 saturated heterocycles. The Hall–Kier alpha value is -3.38. The van der Waals surface area contributed by atoms with E-state index in [1.54, 1.807) is 18.2 Å². The summed E-state index contributed by atoms with van der Waals surface area (Å²) in [6.07, 6.45) is -0.601. The lowest BCUT2D eigenvalue weighted by Gasteiger charge is -2.29. The number of hydrogen-bond acceptors (Lipinski definition) is 5. The van der Waals surface area contributed by atoms with Crippen LogP contribution in [0, 0.1) is 17.3 Å². The van der Waals surface area contributed by atoms with Crippen LogP contribution in [0.4, 0.5) is 4.79 Å². The number of nitrogens with zero attached hydrogens (tertiary/aromatic N) is 1. The molecule has 0 saturated carbocycles. The van der Waals surface area contributed by atoms with E-state index in [9.17, 15) is 19.2 Å². The molecule has 1 aromatic carbocycles. The van der Waals surface area contributed by atoms with E-state index in [1.165, 1.54) is 4.90 Å². The first-order chi connectivity index (χ1) is 15.1. The van der Waals surface area contributed by atoms with Crippen molar-refractivity contribution >= 4 is 23.8 Å². The fourth-order valence-corrected chi connectivity index (χ4v) is 3.72. The second-order valence-electron chi connectivity index (χ2n) is 8.92. The van der Waals surface area contributed by atoms with E-state index < -0.39 is 18.0 Å². The average molecular weight is 441 g/mol. The maximum Gasteiger partial charge on any atom is 0.404 e. The van der Waals surface area contributed by atoms with Crippen molar-refractivity contribution in [2.45, 2.75) is 52.2 Å². The van der Waals surface area contributed by atoms with Crippen molar-refractivity contribution in [3.8, 4) is 11.8 Å². The van der Waals surface area contributed by atoms with Crippen molar-refractivity contribution in [3.05, 3.63) is 34.9 Å². The Bertz CT molecular complexity index is 1000. The molecule has 3 rings (SSSR count). The van der Waals surface area contributed by atoms with Crippen LogP contribution < -0.4 is 10.6 Å². The summed E-state index contributed by atoms with van der Waals surface area (Å²) >= 11 is 0. The van der Waals surface area contributed by atoms with E-state index in [-0.39, 0.29) is 49.5 Å². The summed E-state index contributed by atoms with van der Waals surface area (Å²) < 4.78 is 5.56. The second kappa shape index (κ2) is 9.40. The van der Waals surface area contributed by atoms with Gasteiger partial charge in [-0.05, 0) is 29.5 Å². The van der Waals surface area contributed by atoms with E-state index in [1.807, 2.05) is 20.8 Å². The summed E-state index contributed by atoms with van der Waals surface area (Å²) in [5.74, 6) is 4.90. The fraction of sp³-hybridized carbons (Fsp3) is 0.478. The van der Waals surface area contributed by atoms with Crippen LogP contribution in [0.2, 0.25) is 0 Å². The molecule has 2 heterocycles. The van der Waals surface area contributed by atoms with Gasteiger partial charge in [0.15, 0.2) is 0 Å². The molecule has 2 atom stereocenters. The number of ether oxygens (including phenoxy) is 1. The summed E-state index contributed by atoms with van der Waals surface area (Å²) in [4.78, 5) is 48.9. The molecule has 2 aliphatic heterocycles. The van der Waals surface area contributed by atoms with Gasteiger partial charge in [0.05, 0.1) is 12.6 Å². The minimum absolute atomic E-state index is 0.0996. The number of benzene rings is 1. The molecule has 0 spiro atoms. The highest BCUT2D eigenvalue weighted by molar-refractivity contribution is 6.05. The Morgan fingerprint density at radius 1 is 1.34 bits per heavy atom. The molecule has 9 nitrogen and oxygen atoms in total. The molecular formula is C23H27N3O6. The normalized spacial score (nSPS) is 19.0. The van der Waals surface area contributed by atoms with Crippen LogP contribution >= 0.6 is 0 Å². The standard InChI is InChI=1S/C23H27N3O6/c1-23(2,3)18(24-22(30)31)13-32-11-5-7-14-6-4-8-15-16(14)12-26(21(15)29)17-9-10-19(27)25-20(17)28/h4,6,8,17-18,24H,9-13H2,1-3H3,(H,30,31)(H,25,27,28). The maximum atomic E-state index is 12.8. The molecule has 0 radical (unpaired) electrons. The molecule has 2 unspecified atom stereocenters. The summed E-state index contributed by atoms with van der Waals surface area (Å²) in [5.41, 5.74) is 1.60. The van der Waals surface area contributed by atoms with Gasteiger partial charge in [0.2, 0.25) is 11.8 Å². The van der Waals surface area contributed by atoms with Gasteiger partial charge in [0.25, 0.3) is 5.91 Å². The van der Waals surface area contributed by atoms with E-state index >= 15 is 0 Å². The molecule has 0 aliphatic carbocycles. The Morgan fingerprint density at radius 3 is 2.75 bits per heavy atom. The number of piperidine rings is 1. The molecule has 2 aliphatic rings. The third-order valence-electron chi connectivity index (χ3n) is 5.61. The molecule has 32 heavy (non-hydrogen) atoms. The Labute approximate surface area is 186 Å². The SMILES string of the molecule is CC(C)(C)C(COCC#Cc1cccc2c1CN(C1CCC(=O)NC1=O)C2=O)NC(=O)O. The number of carbonyl (C=O) groups is 4. The molecule has 3 N–H and O–H groups in total. The van der Waals surface area contributed by atoms with Crippen molar-refractivity contribution in [2.24, 2.45) is 5.41 Å². The predicted octanol–water partition coefficient (Wildman–Crippen LogP) is 1.50. The molecule has 9 heteroatoms. The van der Waals surface area contributed by atoms with E-state index in [2.05, 4.69) is 22.5 Å². The topological polar surface area (TPSA) is 125 Å². The van der Waals surface area contributed by atoms with Gasteiger partial charge in [0.1, 0.15) is 12.6 Å². The number of hydrogen-bond donors (Lipinski definition) is 3. The van der Waals surface area contributed by atoms with Crippen molar-refractivity contribution in [1.29, 1.82) is 0 Å². The van der Waals surface area contributed by atoms with Gasteiger partial charge in [-0.25, -0.2) is 4.79 Å². The van der Waals surface area contributed by atoms with Crippen LogP contribution in [0.5, 0.6) is 0 Å². The Morgan fingerprint density at radius 2 is 2.09 bits per heavy atom. The van der Waals surface area contributed by atoms with Crippen molar-refractivity contribution in [2.75, 3.05) is 13.2 Å². The first-order valence-electron chi connectivity index (χ1n) is 10.4. The molecule has 0 aromatic heterocycles. The van der Waals surface area contributed by atoms with Gasteiger partial charge in [-0.15, -0.1) is 0 Å². The van der Waals surface area contributed by atoms with Gasteiger partial charge >= 0.3 is 6.09 Å². The van der Waals surface area contributed by atoms with Gasteiger partial charge in [-0.2, -0.15) is 0 Å². The summed E-state index contributed by atoms with van der Waals surface area (Å²) in [5, 5.41) is 13.7. The fourth-order valence-electron chi connectivity index (χ4n) is 3.72. The summed E-state index contributed by atoms with van der Waals surface area (Å²) in [6.45, 7) is 6.28. The Kier molecular flexibility index (Phi) is 6.84. The lowest BCUT2D eigenvalue weighted by atomic mass is 9.87. The van der Waals surface area contributed by atoms with Crippen LogP contribution in [-0.4, -0.2) is 59.1 Å². The zero-order valence-electron chi connectivity index (χ0n) is 18.4. The highest BCUT2D eigenvalue weighted by Crippen LogP contribution is 2.29. The average Bonchev–Trinajstić information content (AvgIpc) is 3.03. The van der Waals surface area contributed by atoms with Crippen LogP contribution in [0.3, 0.4) is 0 Å². The monoisotopic (exact) mass is 441 g/mol. The minimum Gasteiger partial charge on any atom is -0.465 e. The van der Waals surface area contributed by atoms with Crippen LogP contribution in [-0.2, 0) is 20.9 Å². The number of amides is 4. The number of nitrogens with one attached hydrogen (secondary N) is 2. The lowest BCUT2D eigenvalue weighted by Crippen LogP contribution is -2.52. The second-order valence-corrected chi connectivity index (χ2v) is 8.92. The molecule has 1 fully saturated rings. The molecule has 4 amide bonds. The van der Waals surface area contributed by atoms with E-state index in [0.717, 1.165) is 5.56 Å². The van der Waals surface area contributed by atoms with Crippen molar-refractivity contribution in [3.63, 3.8) is 0 Å². The van der Waals surface area contributed by atoms with Crippen LogP contribution in [0.15, 0.2) is 18.2 Å².